The highest BCUT2D eigenvalue weighted by atomic mass is 79.9. The molecule has 0 saturated heterocycles. The SMILES string of the molecule is CC(C)CC(N)c1ccc(F)cc1Br. The number of nitrogens with two attached hydrogens (primary N) is 1. The molecule has 0 heterocycles. The van der Waals surface area contributed by atoms with Crippen molar-refractivity contribution in [2.45, 2.75) is 26.3 Å². The van der Waals surface area contributed by atoms with Gasteiger partial charge < -0.3 is 5.73 Å². The zero-order valence-corrected chi connectivity index (χ0v) is 10.0. The Balaban J connectivity index is 2.84. The molecule has 2 N–H and O–H groups in total. The summed E-state index contributed by atoms with van der Waals surface area (Å²) >= 11 is 3.32. The molecule has 0 amide bonds. The molecule has 0 spiro atoms. The van der Waals surface area contributed by atoms with E-state index >= 15 is 0 Å². The summed E-state index contributed by atoms with van der Waals surface area (Å²) in [5, 5.41) is 0. The monoisotopic (exact) mass is 259 g/mol. The van der Waals surface area contributed by atoms with Gasteiger partial charge >= 0.3 is 0 Å². The van der Waals surface area contributed by atoms with Gasteiger partial charge in [-0.25, -0.2) is 4.39 Å². The molecule has 1 nitrogen and oxygen atoms in total. The van der Waals surface area contributed by atoms with Gasteiger partial charge in [-0.3, -0.25) is 0 Å². The lowest BCUT2D eigenvalue weighted by molar-refractivity contribution is 0.508. The van der Waals surface area contributed by atoms with Gasteiger partial charge in [-0.15, -0.1) is 0 Å². The van der Waals surface area contributed by atoms with Crippen molar-refractivity contribution in [1.29, 1.82) is 0 Å². The molecule has 0 radical (unpaired) electrons. The van der Waals surface area contributed by atoms with Crippen molar-refractivity contribution in [3.05, 3.63) is 34.1 Å². The van der Waals surface area contributed by atoms with Crippen LogP contribution in [0, 0.1) is 11.7 Å². The predicted molar refractivity (Wildman–Crippen MR) is 60.5 cm³/mol. The molecule has 0 aliphatic carbocycles. The van der Waals surface area contributed by atoms with Crippen LogP contribution in [0.1, 0.15) is 31.9 Å². The van der Waals surface area contributed by atoms with Gasteiger partial charge in [0.1, 0.15) is 5.82 Å². The summed E-state index contributed by atoms with van der Waals surface area (Å²) < 4.78 is 13.6. The second kappa shape index (κ2) is 4.89. The van der Waals surface area contributed by atoms with Crippen LogP contribution in [0.3, 0.4) is 0 Å². The van der Waals surface area contributed by atoms with Gasteiger partial charge in [-0.2, -0.15) is 0 Å². The Morgan fingerprint density at radius 2 is 2.07 bits per heavy atom. The van der Waals surface area contributed by atoms with Crippen LogP contribution < -0.4 is 5.73 Å². The van der Waals surface area contributed by atoms with Crippen LogP contribution in [-0.4, -0.2) is 0 Å². The van der Waals surface area contributed by atoms with E-state index in [2.05, 4.69) is 29.8 Å². The molecular formula is C11H15BrFN. The van der Waals surface area contributed by atoms with E-state index in [4.69, 9.17) is 5.73 Å². The van der Waals surface area contributed by atoms with Gasteiger partial charge in [-0.05, 0) is 30.0 Å². The molecule has 1 aromatic rings. The maximum Gasteiger partial charge on any atom is 0.124 e. The number of rotatable bonds is 3. The summed E-state index contributed by atoms with van der Waals surface area (Å²) in [4.78, 5) is 0. The van der Waals surface area contributed by atoms with E-state index in [0.717, 1.165) is 16.5 Å². The Bertz CT molecular complexity index is 312. The second-order valence-electron chi connectivity index (χ2n) is 3.90. The number of hydrogen-bond acceptors (Lipinski definition) is 1. The fourth-order valence-corrected chi connectivity index (χ4v) is 2.08. The highest BCUT2D eigenvalue weighted by Gasteiger charge is 2.11. The summed E-state index contributed by atoms with van der Waals surface area (Å²) in [5.41, 5.74) is 6.97. The third kappa shape index (κ3) is 3.07. The standard InChI is InChI=1S/C11H15BrFN/c1-7(2)5-11(14)9-4-3-8(13)6-10(9)12/h3-4,6-7,11H,5,14H2,1-2H3. The topological polar surface area (TPSA) is 26.0 Å². The van der Waals surface area contributed by atoms with E-state index in [0.29, 0.717) is 5.92 Å². The predicted octanol–water partition coefficient (Wildman–Crippen LogP) is 3.63. The maximum absolute atomic E-state index is 12.8. The Morgan fingerprint density at radius 3 is 2.57 bits per heavy atom. The second-order valence-corrected chi connectivity index (χ2v) is 4.76. The van der Waals surface area contributed by atoms with Crippen molar-refractivity contribution in [3.63, 3.8) is 0 Å². The maximum atomic E-state index is 12.8. The summed E-state index contributed by atoms with van der Waals surface area (Å²) in [5.74, 6) is 0.305. The van der Waals surface area contributed by atoms with E-state index in [1.165, 1.54) is 12.1 Å². The first-order chi connectivity index (χ1) is 6.50. The summed E-state index contributed by atoms with van der Waals surface area (Å²) in [7, 11) is 0. The summed E-state index contributed by atoms with van der Waals surface area (Å²) in [6, 6.07) is 4.62. The van der Waals surface area contributed by atoms with Crippen LogP contribution in [0.5, 0.6) is 0 Å². The molecule has 3 heteroatoms. The highest BCUT2D eigenvalue weighted by molar-refractivity contribution is 9.10. The van der Waals surface area contributed by atoms with E-state index in [-0.39, 0.29) is 11.9 Å². The quantitative estimate of drug-likeness (QED) is 0.882. The minimum Gasteiger partial charge on any atom is -0.324 e. The number of benzene rings is 1. The van der Waals surface area contributed by atoms with Crippen molar-refractivity contribution < 1.29 is 4.39 Å². The van der Waals surface area contributed by atoms with Crippen LogP contribution in [0.2, 0.25) is 0 Å². The minimum atomic E-state index is -0.239. The minimum absolute atomic E-state index is 0.0232. The molecular weight excluding hydrogens is 245 g/mol. The molecule has 1 aromatic carbocycles. The third-order valence-electron chi connectivity index (χ3n) is 2.09. The van der Waals surface area contributed by atoms with Crippen molar-refractivity contribution in [2.24, 2.45) is 11.7 Å². The van der Waals surface area contributed by atoms with Crippen LogP contribution in [0.15, 0.2) is 22.7 Å². The summed E-state index contributed by atoms with van der Waals surface area (Å²) in [6.07, 6.45) is 0.907. The van der Waals surface area contributed by atoms with Gasteiger partial charge in [0.15, 0.2) is 0 Å². The Morgan fingerprint density at radius 1 is 1.43 bits per heavy atom. The Hall–Kier alpha value is -0.410. The van der Waals surface area contributed by atoms with Gasteiger partial charge in [-0.1, -0.05) is 35.8 Å². The molecule has 78 valence electrons. The van der Waals surface area contributed by atoms with E-state index in [9.17, 15) is 4.39 Å². The van der Waals surface area contributed by atoms with E-state index in [1.54, 1.807) is 6.07 Å². The van der Waals surface area contributed by atoms with Crippen LogP contribution in [0.4, 0.5) is 4.39 Å². The first-order valence-corrected chi connectivity index (χ1v) is 5.50. The Kier molecular flexibility index (Phi) is 4.08. The molecule has 0 aliphatic rings. The summed E-state index contributed by atoms with van der Waals surface area (Å²) in [6.45, 7) is 4.24. The molecule has 0 bridgehead atoms. The normalized spacial score (nSPS) is 13.3. The molecule has 0 fully saturated rings. The van der Waals surface area contributed by atoms with E-state index < -0.39 is 0 Å². The van der Waals surface area contributed by atoms with Crippen LogP contribution >= 0.6 is 15.9 Å². The van der Waals surface area contributed by atoms with Crippen LogP contribution in [-0.2, 0) is 0 Å². The molecule has 0 aromatic heterocycles. The smallest absolute Gasteiger partial charge is 0.124 e. The van der Waals surface area contributed by atoms with Crippen molar-refractivity contribution in [2.75, 3.05) is 0 Å². The average molecular weight is 260 g/mol. The fraction of sp³-hybridized carbons (Fsp3) is 0.455. The molecule has 1 rings (SSSR count). The third-order valence-corrected chi connectivity index (χ3v) is 2.77. The molecule has 1 unspecified atom stereocenters. The number of hydrogen-bond donors (Lipinski definition) is 1. The van der Waals surface area contributed by atoms with Crippen LogP contribution in [0.25, 0.3) is 0 Å². The van der Waals surface area contributed by atoms with Gasteiger partial charge in [0.2, 0.25) is 0 Å². The van der Waals surface area contributed by atoms with Crippen molar-refractivity contribution in [1.82, 2.24) is 0 Å². The lowest BCUT2D eigenvalue weighted by Gasteiger charge is -2.15. The van der Waals surface area contributed by atoms with Crippen molar-refractivity contribution in [3.8, 4) is 0 Å². The lowest BCUT2D eigenvalue weighted by Crippen LogP contribution is -2.13. The molecule has 0 saturated carbocycles. The first-order valence-electron chi connectivity index (χ1n) is 4.71. The first kappa shape index (κ1) is 11.7. The highest BCUT2D eigenvalue weighted by Crippen LogP contribution is 2.26. The lowest BCUT2D eigenvalue weighted by atomic mass is 9.98. The zero-order valence-electron chi connectivity index (χ0n) is 8.43. The largest absolute Gasteiger partial charge is 0.324 e. The van der Waals surface area contributed by atoms with E-state index in [1.807, 2.05) is 0 Å². The van der Waals surface area contributed by atoms with Gasteiger partial charge in [0, 0.05) is 10.5 Å². The number of halogens is 2. The zero-order chi connectivity index (χ0) is 10.7. The molecule has 1 atom stereocenters. The Labute approximate surface area is 92.6 Å². The van der Waals surface area contributed by atoms with Crippen molar-refractivity contribution >= 4 is 15.9 Å². The van der Waals surface area contributed by atoms with Gasteiger partial charge in [0.05, 0.1) is 0 Å². The molecule has 14 heavy (non-hydrogen) atoms. The molecule has 0 aliphatic heterocycles. The fourth-order valence-electron chi connectivity index (χ4n) is 1.44. The van der Waals surface area contributed by atoms with Gasteiger partial charge in [0.25, 0.3) is 0 Å². The average Bonchev–Trinajstić information content (AvgIpc) is 2.01.